The number of methoxy groups -OCH3 is 1. The zero-order valence-corrected chi connectivity index (χ0v) is 15.1. The fourth-order valence-electron chi connectivity index (χ4n) is 2.62. The molecule has 25 heavy (non-hydrogen) atoms. The number of carbonyl (C=O) groups is 1. The summed E-state index contributed by atoms with van der Waals surface area (Å²) in [5.74, 6) is -0.246. The van der Waals surface area contributed by atoms with Gasteiger partial charge in [-0.3, -0.25) is 0 Å². The molecule has 0 saturated carbocycles. The Hall–Kier alpha value is -2.04. The summed E-state index contributed by atoms with van der Waals surface area (Å²) < 4.78 is 37.6. The van der Waals surface area contributed by atoms with E-state index < -0.39 is 16.0 Å². The zero-order valence-electron chi connectivity index (χ0n) is 13.5. The average molecular weight is 383 g/mol. The van der Waals surface area contributed by atoms with Gasteiger partial charge >= 0.3 is 5.97 Å². The summed E-state index contributed by atoms with van der Waals surface area (Å²) in [5, 5.41) is 1.57. The molecule has 0 amide bonds. The number of thiophene rings is 1. The van der Waals surface area contributed by atoms with Crippen LogP contribution in [0, 0.1) is 0 Å². The molecule has 1 atom stereocenters. The quantitative estimate of drug-likeness (QED) is 0.723. The van der Waals surface area contributed by atoms with E-state index in [-0.39, 0.29) is 22.4 Å². The van der Waals surface area contributed by atoms with Crippen molar-refractivity contribution in [1.29, 1.82) is 0 Å². The number of carbonyl (C=O) groups excluding carboxylic acids is 1. The van der Waals surface area contributed by atoms with Gasteiger partial charge in [-0.2, -0.15) is 4.31 Å². The molecule has 2 aromatic heterocycles. The Morgan fingerprint density at radius 1 is 1.40 bits per heavy atom. The van der Waals surface area contributed by atoms with Crippen molar-refractivity contribution >= 4 is 27.3 Å². The number of sulfonamides is 1. The third kappa shape index (κ3) is 3.80. The number of piperidine rings is 1. The highest BCUT2D eigenvalue weighted by molar-refractivity contribution is 7.89. The SMILES string of the molecule is COC(=O)c1sccc1S(=O)(=O)N1CCCC(Oc2ccncn2)C1. The van der Waals surface area contributed by atoms with Gasteiger partial charge in [0.05, 0.1) is 13.7 Å². The lowest BCUT2D eigenvalue weighted by molar-refractivity contribution is 0.0602. The lowest BCUT2D eigenvalue weighted by Gasteiger charge is -2.31. The van der Waals surface area contributed by atoms with E-state index >= 15 is 0 Å². The van der Waals surface area contributed by atoms with Gasteiger partial charge < -0.3 is 9.47 Å². The van der Waals surface area contributed by atoms with E-state index in [1.165, 1.54) is 23.8 Å². The lowest BCUT2D eigenvalue weighted by Crippen LogP contribution is -2.44. The molecule has 1 unspecified atom stereocenters. The Balaban J connectivity index is 1.78. The van der Waals surface area contributed by atoms with E-state index in [1.54, 1.807) is 17.6 Å². The van der Waals surface area contributed by atoms with E-state index in [9.17, 15) is 13.2 Å². The first-order chi connectivity index (χ1) is 12.0. The number of aromatic nitrogens is 2. The Labute approximate surface area is 149 Å². The van der Waals surface area contributed by atoms with Gasteiger partial charge in [-0.05, 0) is 24.3 Å². The first-order valence-corrected chi connectivity index (χ1v) is 9.93. The minimum Gasteiger partial charge on any atom is -0.473 e. The van der Waals surface area contributed by atoms with Gasteiger partial charge in [0.2, 0.25) is 15.9 Å². The largest absolute Gasteiger partial charge is 0.473 e. The van der Waals surface area contributed by atoms with E-state index in [1.807, 2.05) is 0 Å². The molecular formula is C15H17N3O5S2. The molecule has 3 rings (SSSR count). The summed E-state index contributed by atoms with van der Waals surface area (Å²) in [6.07, 6.45) is 4.02. The minimum absolute atomic E-state index is 0.0213. The highest BCUT2D eigenvalue weighted by Crippen LogP contribution is 2.28. The fraction of sp³-hybridized carbons (Fsp3) is 0.400. The minimum atomic E-state index is -3.80. The van der Waals surface area contributed by atoms with Crippen LogP contribution in [0.4, 0.5) is 0 Å². The van der Waals surface area contributed by atoms with Gasteiger partial charge in [-0.25, -0.2) is 23.2 Å². The number of hydrogen-bond acceptors (Lipinski definition) is 8. The summed E-state index contributed by atoms with van der Waals surface area (Å²) in [5.41, 5.74) is 0. The van der Waals surface area contributed by atoms with E-state index in [0.717, 1.165) is 17.8 Å². The Kier molecular flexibility index (Phi) is 5.30. The molecule has 8 nitrogen and oxygen atoms in total. The Morgan fingerprint density at radius 2 is 2.24 bits per heavy atom. The zero-order chi connectivity index (χ0) is 17.9. The molecule has 0 spiro atoms. The van der Waals surface area contributed by atoms with Gasteiger partial charge in [-0.1, -0.05) is 0 Å². The third-order valence-electron chi connectivity index (χ3n) is 3.80. The highest BCUT2D eigenvalue weighted by Gasteiger charge is 2.34. The molecular weight excluding hydrogens is 366 g/mol. The molecule has 134 valence electrons. The maximum absolute atomic E-state index is 12.9. The second kappa shape index (κ2) is 7.46. The van der Waals surface area contributed by atoms with Crippen LogP contribution >= 0.6 is 11.3 Å². The van der Waals surface area contributed by atoms with Crippen molar-refractivity contribution in [2.75, 3.05) is 20.2 Å². The topological polar surface area (TPSA) is 98.7 Å². The predicted molar refractivity (Wildman–Crippen MR) is 90.1 cm³/mol. The van der Waals surface area contributed by atoms with Crippen LogP contribution in [0.25, 0.3) is 0 Å². The Bertz CT molecular complexity index is 838. The number of hydrogen-bond donors (Lipinski definition) is 0. The third-order valence-corrected chi connectivity index (χ3v) is 6.73. The van der Waals surface area contributed by atoms with Crippen molar-refractivity contribution in [3.8, 4) is 5.88 Å². The first-order valence-electron chi connectivity index (χ1n) is 7.61. The second-order valence-corrected chi connectivity index (χ2v) is 8.22. The monoisotopic (exact) mass is 383 g/mol. The average Bonchev–Trinajstić information content (AvgIpc) is 3.13. The number of nitrogens with zero attached hydrogens (tertiary/aromatic N) is 3. The van der Waals surface area contributed by atoms with Crippen LogP contribution in [0.15, 0.2) is 34.9 Å². The molecule has 1 aliphatic rings. The maximum Gasteiger partial charge on any atom is 0.349 e. The molecule has 3 heterocycles. The van der Waals surface area contributed by atoms with Crippen LogP contribution in [0.3, 0.4) is 0 Å². The van der Waals surface area contributed by atoms with Crippen molar-refractivity contribution in [3.05, 3.63) is 34.9 Å². The molecule has 0 aromatic carbocycles. The van der Waals surface area contributed by atoms with Crippen LogP contribution in [0.1, 0.15) is 22.5 Å². The smallest absolute Gasteiger partial charge is 0.349 e. The standard InChI is InChI=1S/C15H17N3O5S2/c1-22-15(19)14-12(5-8-24-14)25(20,21)18-7-2-3-11(9-18)23-13-4-6-16-10-17-13/h4-6,8,10-11H,2-3,7,9H2,1H3. The maximum atomic E-state index is 12.9. The molecule has 1 saturated heterocycles. The molecule has 0 bridgehead atoms. The van der Waals surface area contributed by atoms with Crippen LogP contribution in [0.5, 0.6) is 5.88 Å². The van der Waals surface area contributed by atoms with E-state index in [0.29, 0.717) is 18.8 Å². The predicted octanol–water partition coefficient (Wildman–Crippen LogP) is 1.56. The lowest BCUT2D eigenvalue weighted by atomic mass is 10.1. The van der Waals surface area contributed by atoms with Crippen LogP contribution in [0.2, 0.25) is 0 Å². The highest BCUT2D eigenvalue weighted by atomic mass is 32.2. The summed E-state index contributed by atoms with van der Waals surface area (Å²) in [6, 6.07) is 3.06. The van der Waals surface area contributed by atoms with Crippen molar-refractivity contribution < 1.29 is 22.7 Å². The van der Waals surface area contributed by atoms with Crippen molar-refractivity contribution in [3.63, 3.8) is 0 Å². The van der Waals surface area contributed by atoms with Crippen LogP contribution in [-0.4, -0.2) is 55.0 Å². The van der Waals surface area contributed by atoms with Gasteiger partial charge in [0.15, 0.2) is 0 Å². The van der Waals surface area contributed by atoms with Crippen molar-refractivity contribution in [2.45, 2.75) is 23.8 Å². The summed E-state index contributed by atoms with van der Waals surface area (Å²) >= 11 is 1.05. The Morgan fingerprint density at radius 3 is 2.96 bits per heavy atom. The molecule has 1 fully saturated rings. The van der Waals surface area contributed by atoms with Crippen LogP contribution in [-0.2, 0) is 14.8 Å². The second-order valence-electron chi connectivity index (χ2n) is 5.40. The first kappa shape index (κ1) is 17.8. The summed E-state index contributed by atoms with van der Waals surface area (Å²) in [4.78, 5) is 19.7. The number of esters is 1. The fourth-order valence-corrected chi connectivity index (χ4v) is 5.44. The molecule has 0 N–H and O–H groups in total. The van der Waals surface area contributed by atoms with Gasteiger partial charge in [-0.15, -0.1) is 11.3 Å². The van der Waals surface area contributed by atoms with Crippen LogP contribution < -0.4 is 4.74 Å². The van der Waals surface area contributed by atoms with Crippen molar-refractivity contribution in [1.82, 2.24) is 14.3 Å². The summed E-state index contributed by atoms with van der Waals surface area (Å²) in [6.45, 7) is 0.575. The summed E-state index contributed by atoms with van der Waals surface area (Å²) in [7, 11) is -2.57. The van der Waals surface area contributed by atoms with Gasteiger partial charge in [0.25, 0.3) is 0 Å². The number of rotatable bonds is 5. The molecule has 10 heteroatoms. The van der Waals surface area contributed by atoms with Crippen molar-refractivity contribution in [2.24, 2.45) is 0 Å². The van der Waals surface area contributed by atoms with Gasteiger partial charge in [0, 0.05) is 18.8 Å². The van der Waals surface area contributed by atoms with E-state index in [4.69, 9.17) is 4.74 Å². The normalized spacial score (nSPS) is 18.7. The molecule has 1 aliphatic heterocycles. The number of ether oxygens (including phenoxy) is 2. The molecule has 0 radical (unpaired) electrons. The van der Waals surface area contributed by atoms with Gasteiger partial charge in [0.1, 0.15) is 22.2 Å². The van der Waals surface area contributed by atoms with E-state index in [2.05, 4.69) is 14.7 Å². The molecule has 2 aromatic rings. The molecule has 0 aliphatic carbocycles.